The number of aromatic carboxylic acids is 1. The Morgan fingerprint density at radius 2 is 0.899 bits per heavy atom. The molecule has 1 amide bonds. The first-order chi connectivity index (χ1) is 30.7. The fourth-order valence-electron chi connectivity index (χ4n) is 7.93. The molecule has 6 aromatic carbocycles. The van der Waals surface area contributed by atoms with Gasteiger partial charge in [-0.25, -0.2) is 4.79 Å². The summed E-state index contributed by atoms with van der Waals surface area (Å²) in [5, 5.41) is 15.5. The van der Waals surface area contributed by atoms with Crippen LogP contribution in [-0.4, -0.2) is 65.2 Å². The van der Waals surface area contributed by atoms with Gasteiger partial charge in [0.2, 0.25) is 0 Å². The van der Waals surface area contributed by atoms with Crippen LogP contribution in [0, 0.1) is 0 Å². The number of carboxylic acid groups (broad SMARTS) is 1. The summed E-state index contributed by atoms with van der Waals surface area (Å²) in [6.45, 7) is 16.0. The minimum absolute atomic E-state index is 0. The number of rotatable bonds is 5. The summed E-state index contributed by atoms with van der Waals surface area (Å²) in [5.41, 5.74) is 11.6. The Hall–Kier alpha value is -6.63. The molecule has 2 fully saturated rings. The number of carbonyl (C=O) groups is 4. The molecule has 2 aliphatic carbocycles. The molecule has 2 heterocycles. The second-order valence-electron chi connectivity index (χ2n) is 18.5. The summed E-state index contributed by atoms with van der Waals surface area (Å²) in [7, 11) is -0.916. The van der Waals surface area contributed by atoms with Crippen LogP contribution in [0.3, 0.4) is 0 Å². The minimum atomic E-state index is -0.935. The first-order valence-corrected chi connectivity index (χ1v) is 21.4. The lowest BCUT2D eigenvalue weighted by Gasteiger charge is -2.32. The molecule has 0 atom stereocenters. The van der Waals surface area contributed by atoms with Gasteiger partial charge in [0.25, 0.3) is 5.91 Å². The molecule has 11 nitrogen and oxygen atoms in total. The summed E-state index contributed by atoms with van der Waals surface area (Å²) >= 11 is 0. The van der Waals surface area contributed by atoms with Gasteiger partial charge in [-0.15, -0.1) is 0 Å². The van der Waals surface area contributed by atoms with Crippen LogP contribution >= 0.6 is 0 Å². The highest BCUT2D eigenvalue weighted by Crippen LogP contribution is 2.38. The Bertz CT molecular complexity index is 2940. The van der Waals surface area contributed by atoms with Crippen LogP contribution in [0.25, 0.3) is 33.7 Å². The quantitative estimate of drug-likeness (QED) is 0.112. The van der Waals surface area contributed by atoms with E-state index in [1.807, 2.05) is 140 Å². The molecule has 0 spiro atoms. The van der Waals surface area contributed by atoms with Crippen LogP contribution in [0.15, 0.2) is 121 Å². The van der Waals surface area contributed by atoms with E-state index in [0.717, 1.165) is 54.8 Å². The summed E-state index contributed by atoms with van der Waals surface area (Å²) in [5.74, 6) is -1.12. The van der Waals surface area contributed by atoms with E-state index >= 15 is 0 Å². The molecule has 69 heavy (non-hydrogen) atoms. The number of hydrogen-bond acceptors (Lipinski definition) is 9. The molecule has 360 valence electrons. The third kappa shape index (κ3) is 10.5. The first kappa shape index (κ1) is 55.0. The molecule has 10 rings (SSSR count). The van der Waals surface area contributed by atoms with Crippen molar-refractivity contribution in [3.05, 3.63) is 155 Å². The SMILES string of the molecule is C.C.C.C.CC1(C)OB(c2ccc(C(=O)Nc3ccc4c5c(cccc35)C(=O)C=C4)cc2)OC1(C)C.CC1(C)OB(c2ccc(C(=O)O)cc2)OC1(C)C.Nc1ccc2c3c(cccc13)C(=O)C=C2. The maximum atomic E-state index is 13.0. The van der Waals surface area contributed by atoms with E-state index in [1.54, 1.807) is 48.6 Å². The average molecular weight is 933 g/mol. The second-order valence-corrected chi connectivity index (χ2v) is 18.5. The van der Waals surface area contributed by atoms with Crippen LogP contribution in [0.5, 0.6) is 0 Å². The number of nitrogen functional groups attached to an aromatic ring is 1. The smallest absolute Gasteiger partial charge is 0.478 e. The fraction of sp³-hybridized carbons (Fsp3) is 0.286. The Labute approximate surface area is 408 Å². The normalized spacial score (nSPS) is 16.9. The van der Waals surface area contributed by atoms with Crippen LogP contribution in [0.2, 0.25) is 0 Å². The van der Waals surface area contributed by atoms with Gasteiger partial charge in [0.15, 0.2) is 11.6 Å². The number of carbonyl (C=O) groups excluding carboxylic acids is 3. The molecule has 2 saturated heterocycles. The number of nitrogens with two attached hydrogens (primary N) is 1. The van der Waals surface area contributed by atoms with Gasteiger partial charge in [-0.05, 0) is 126 Å². The van der Waals surface area contributed by atoms with Crippen molar-refractivity contribution in [1.82, 2.24) is 0 Å². The van der Waals surface area contributed by atoms with Gasteiger partial charge < -0.3 is 34.8 Å². The standard InChI is InChI=1S/C26H24BNO4.C13H17BO4.C13H9NO.4CH4/c1-25(2)26(3,4)32-27(31-25)18-12-8-17(9-13-18)24(30)28-21-14-10-16-11-15-22(29)20-7-5-6-19(21)23(16)20;1-12(2)13(3,4)18-14(17-12)10-7-5-9(6-8-10)11(15)16;14-11-6-4-8-5-7-12(15)10-3-1-2-9(11)13(8)10;;;;/h5-15H,1-4H3,(H,28,30);5-8H,1-4H3,(H,15,16);1-7H,14H2;4*1H4. The first-order valence-electron chi connectivity index (χ1n) is 21.4. The zero-order valence-corrected chi connectivity index (χ0v) is 37.6. The van der Waals surface area contributed by atoms with Crippen molar-refractivity contribution in [2.45, 2.75) is 108 Å². The fourth-order valence-corrected chi connectivity index (χ4v) is 7.93. The maximum absolute atomic E-state index is 13.0. The van der Waals surface area contributed by atoms with Gasteiger partial charge in [-0.1, -0.05) is 115 Å². The van der Waals surface area contributed by atoms with Crippen molar-refractivity contribution in [3.63, 3.8) is 0 Å². The van der Waals surface area contributed by atoms with E-state index in [-0.39, 0.29) is 63.9 Å². The molecule has 0 radical (unpaired) electrons. The Morgan fingerprint density at radius 1 is 0.507 bits per heavy atom. The van der Waals surface area contributed by atoms with Crippen molar-refractivity contribution in [3.8, 4) is 0 Å². The Morgan fingerprint density at radius 3 is 1.33 bits per heavy atom. The number of amides is 1. The molecule has 13 heteroatoms. The van der Waals surface area contributed by atoms with E-state index in [0.29, 0.717) is 16.8 Å². The van der Waals surface area contributed by atoms with Gasteiger partial charge in [0.05, 0.1) is 28.0 Å². The number of carboxylic acids is 1. The van der Waals surface area contributed by atoms with Crippen molar-refractivity contribution < 1.29 is 42.9 Å². The summed E-state index contributed by atoms with van der Waals surface area (Å²) in [6.07, 6.45) is 6.85. The Balaban J connectivity index is 0.000000239. The monoisotopic (exact) mass is 932 g/mol. The van der Waals surface area contributed by atoms with E-state index < -0.39 is 31.4 Å². The van der Waals surface area contributed by atoms with Gasteiger partial charge >= 0.3 is 20.2 Å². The number of allylic oxidation sites excluding steroid dienone is 2. The number of nitrogens with one attached hydrogen (secondary N) is 1. The molecule has 4 N–H and O–H groups in total. The number of anilines is 2. The number of hydrogen-bond donors (Lipinski definition) is 3. The summed E-state index contributed by atoms with van der Waals surface area (Å²) in [6, 6.07) is 32.7. The molecule has 0 bridgehead atoms. The molecular formula is C56H66B2N2O9. The average Bonchev–Trinajstić information content (AvgIpc) is 3.64. The summed E-state index contributed by atoms with van der Waals surface area (Å²) in [4.78, 5) is 47.6. The predicted molar refractivity (Wildman–Crippen MR) is 285 cm³/mol. The molecule has 4 aliphatic rings. The van der Waals surface area contributed by atoms with Gasteiger partial charge in [-0.3, -0.25) is 14.4 Å². The molecular weight excluding hydrogens is 866 g/mol. The zero-order chi connectivity index (χ0) is 46.6. The van der Waals surface area contributed by atoms with Crippen molar-refractivity contribution in [1.29, 1.82) is 0 Å². The van der Waals surface area contributed by atoms with Crippen LogP contribution in [0.1, 0.15) is 138 Å². The van der Waals surface area contributed by atoms with Crippen LogP contribution < -0.4 is 22.0 Å². The third-order valence-corrected chi connectivity index (χ3v) is 13.2. The van der Waals surface area contributed by atoms with Gasteiger partial charge in [0, 0.05) is 49.6 Å². The van der Waals surface area contributed by atoms with Gasteiger partial charge in [-0.2, -0.15) is 0 Å². The minimum Gasteiger partial charge on any atom is -0.478 e. The van der Waals surface area contributed by atoms with E-state index in [9.17, 15) is 19.2 Å². The molecule has 6 aromatic rings. The van der Waals surface area contributed by atoms with Crippen LogP contribution in [0.4, 0.5) is 11.4 Å². The number of benzene rings is 6. The highest BCUT2D eigenvalue weighted by atomic mass is 16.7. The van der Waals surface area contributed by atoms with E-state index in [1.165, 1.54) is 0 Å². The predicted octanol–water partition coefficient (Wildman–Crippen LogP) is 11.5. The number of ketones is 2. The molecule has 0 unspecified atom stereocenters. The highest BCUT2D eigenvalue weighted by Gasteiger charge is 2.52. The largest absolute Gasteiger partial charge is 0.494 e. The zero-order valence-electron chi connectivity index (χ0n) is 37.6. The van der Waals surface area contributed by atoms with Gasteiger partial charge in [0.1, 0.15) is 0 Å². The lowest BCUT2D eigenvalue weighted by molar-refractivity contribution is 0.00578. The van der Waals surface area contributed by atoms with Crippen molar-refractivity contribution >= 4 is 93.7 Å². The molecule has 0 aromatic heterocycles. The molecule has 2 aliphatic heterocycles. The van der Waals surface area contributed by atoms with Crippen molar-refractivity contribution in [2.24, 2.45) is 0 Å². The third-order valence-electron chi connectivity index (χ3n) is 13.2. The highest BCUT2D eigenvalue weighted by molar-refractivity contribution is 6.62. The lowest BCUT2D eigenvalue weighted by Crippen LogP contribution is -2.41. The molecule has 0 saturated carbocycles. The lowest BCUT2D eigenvalue weighted by atomic mass is 9.79. The maximum Gasteiger partial charge on any atom is 0.494 e. The summed E-state index contributed by atoms with van der Waals surface area (Å²) < 4.78 is 23.9. The van der Waals surface area contributed by atoms with Crippen LogP contribution in [-0.2, 0) is 18.6 Å². The topological polar surface area (TPSA) is 163 Å². The van der Waals surface area contributed by atoms with E-state index in [4.69, 9.17) is 29.5 Å². The van der Waals surface area contributed by atoms with E-state index in [2.05, 4.69) is 5.32 Å². The van der Waals surface area contributed by atoms with Crippen molar-refractivity contribution in [2.75, 3.05) is 11.1 Å². The Kier molecular flexibility index (Phi) is 16.4. The second kappa shape index (κ2) is 20.5.